The molecular weight excluding hydrogens is 288 g/mol. The van der Waals surface area contributed by atoms with Crippen LogP contribution in [0.4, 0.5) is 0 Å². The van der Waals surface area contributed by atoms with Crippen molar-refractivity contribution in [2.75, 3.05) is 6.61 Å². The number of rotatable bonds is 1. The summed E-state index contributed by atoms with van der Waals surface area (Å²) in [5.74, 6) is 2.75. The highest BCUT2D eigenvalue weighted by Crippen LogP contribution is 2.66. The van der Waals surface area contributed by atoms with Crippen molar-refractivity contribution in [3.05, 3.63) is 0 Å². The summed E-state index contributed by atoms with van der Waals surface area (Å²) >= 11 is 0. The Bertz CT molecular complexity index is 503. The first-order valence-corrected chi connectivity index (χ1v) is 9.74. The molecule has 0 heterocycles. The standard InChI is InChI=1S/C20H32O3/c1-12-10-20(11-21)13(9-17(12)22)3-4-14-15-5-6-18(23)19(15,2)8-7-16(14)20/h12-16,18,21,23H,3-11H2,1-2H3/t12?,13?,14-,15-,16-,18?,19-,20+/m0/s1. The van der Waals surface area contributed by atoms with Crippen LogP contribution in [0, 0.1) is 40.4 Å². The molecule has 4 aliphatic rings. The highest BCUT2D eigenvalue weighted by atomic mass is 16.3. The minimum atomic E-state index is -0.136. The molecule has 3 nitrogen and oxygen atoms in total. The van der Waals surface area contributed by atoms with Gasteiger partial charge in [-0.2, -0.15) is 0 Å². The van der Waals surface area contributed by atoms with E-state index < -0.39 is 0 Å². The predicted molar refractivity (Wildman–Crippen MR) is 88.7 cm³/mol. The van der Waals surface area contributed by atoms with E-state index >= 15 is 0 Å². The van der Waals surface area contributed by atoms with E-state index in [9.17, 15) is 15.0 Å². The van der Waals surface area contributed by atoms with Crippen molar-refractivity contribution in [3.8, 4) is 0 Å². The third-order valence-electron chi connectivity index (χ3n) is 8.76. The molecule has 0 aromatic heterocycles. The summed E-state index contributed by atoms with van der Waals surface area (Å²) < 4.78 is 0. The molecule has 0 aromatic rings. The summed E-state index contributed by atoms with van der Waals surface area (Å²) in [5, 5.41) is 20.9. The topological polar surface area (TPSA) is 57.5 Å². The number of hydrogen-bond donors (Lipinski definition) is 2. The Morgan fingerprint density at radius 2 is 1.91 bits per heavy atom. The molecule has 0 spiro atoms. The molecule has 0 aliphatic heterocycles. The maximum Gasteiger partial charge on any atom is 0.136 e. The van der Waals surface area contributed by atoms with Crippen LogP contribution in [0.25, 0.3) is 0 Å². The Kier molecular flexibility index (Phi) is 3.70. The molecule has 2 N–H and O–H groups in total. The van der Waals surface area contributed by atoms with Gasteiger partial charge in [-0.15, -0.1) is 0 Å². The van der Waals surface area contributed by atoms with Crippen molar-refractivity contribution >= 4 is 5.78 Å². The van der Waals surface area contributed by atoms with Gasteiger partial charge in [-0.25, -0.2) is 0 Å². The van der Waals surface area contributed by atoms with Crippen molar-refractivity contribution in [2.24, 2.45) is 40.4 Å². The molecule has 0 amide bonds. The molecule has 4 rings (SSSR count). The van der Waals surface area contributed by atoms with Crippen LogP contribution in [0.1, 0.15) is 65.2 Å². The Morgan fingerprint density at radius 3 is 2.65 bits per heavy atom. The van der Waals surface area contributed by atoms with Gasteiger partial charge in [0.15, 0.2) is 0 Å². The molecule has 8 atom stereocenters. The maximum absolute atomic E-state index is 12.2. The second-order valence-electron chi connectivity index (χ2n) is 9.46. The monoisotopic (exact) mass is 320 g/mol. The van der Waals surface area contributed by atoms with Gasteiger partial charge in [-0.3, -0.25) is 4.79 Å². The van der Waals surface area contributed by atoms with E-state index in [1.54, 1.807) is 0 Å². The van der Waals surface area contributed by atoms with Crippen LogP contribution in [-0.4, -0.2) is 28.7 Å². The van der Waals surface area contributed by atoms with Crippen molar-refractivity contribution < 1.29 is 15.0 Å². The summed E-state index contributed by atoms with van der Waals surface area (Å²) in [7, 11) is 0. The third kappa shape index (κ3) is 2.05. The van der Waals surface area contributed by atoms with E-state index in [0.717, 1.165) is 38.5 Å². The van der Waals surface area contributed by atoms with Crippen molar-refractivity contribution in [1.82, 2.24) is 0 Å². The van der Waals surface area contributed by atoms with Crippen LogP contribution < -0.4 is 0 Å². The number of fused-ring (bicyclic) bond motifs is 5. The quantitative estimate of drug-likeness (QED) is 0.780. The van der Waals surface area contributed by atoms with E-state index in [0.29, 0.717) is 35.9 Å². The minimum absolute atomic E-state index is 0.0227. The molecule has 0 saturated heterocycles. The zero-order chi connectivity index (χ0) is 16.4. The Morgan fingerprint density at radius 1 is 1.13 bits per heavy atom. The van der Waals surface area contributed by atoms with Crippen molar-refractivity contribution in [3.63, 3.8) is 0 Å². The first kappa shape index (κ1) is 16.1. The van der Waals surface area contributed by atoms with Crippen LogP contribution in [0.15, 0.2) is 0 Å². The fourth-order valence-corrected chi connectivity index (χ4v) is 7.42. The molecule has 4 aliphatic carbocycles. The van der Waals surface area contributed by atoms with Crippen molar-refractivity contribution in [2.45, 2.75) is 71.3 Å². The van der Waals surface area contributed by atoms with E-state index in [2.05, 4.69) is 13.8 Å². The SMILES string of the molecule is CC1C[C@@]2(CO)C(CC[C@@H]3[C@@H]2CC[C@]2(C)C(O)CC[C@@H]32)CC1=O. The lowest BCUT2D eigenvalue weighted by Crippen LogP contribution is -2.57. The zero-order valence-electron chi connectivity index (χ0n) is 14.6. The van der Waals surface area contributed by atoms with Gasteiger partial charge in [0.2, 0.25) is 0 Å². The van der Waals surface area contributed by atoms with Crippen molar-refractivity contribution in [1.29, 1.82) is 0 Å². The van der Waals surface area contributed by atoms with Gasteiger partial charge in [0.1, 0.15) is 5.78 Å². The van der Waals surface area contributed by atoms with E-state index in [1.807, 2.05) is 0 Å². The van der Waals surface area contributed by atoms with E-state index in [1.165, 1.54) is 6.42 Å². The highest BCUT2D eigenvalue weighted by molar-refractivity contribution is 5.82. The molecule has 23 heavy (non-hydrogen) atoms. The Hall–Kier alpha value is -0.410. The van der Waals surface area contributed by atoms with Crippen LogP contribution in [0.5, 0.6) is 0 Å². The van der Waals surface area contributed by atoms with Crippen LogP contribution >= 0.6 is 0 Å². The second kappa shape index (κ2) is 5.29. The number of carbonyl (C=O) groups excluding carboxylic acids is 1. The average Bonchev–Trinajstić information content (AvgIpc) is 2.84. The lowest BCUT2D eigenvalue weighted by Gasteiger charge is -2.61. The number of aliphatic hydroxyl groups is 2. The number of Topliss-reactive ketones (excluding diaryl/α,β-unsaturated/α-hetero) is 1. The van der Waals surface area contributed by atoms with Gasteiger partial charge in [0, 0.05) is 24.4 Å². The van der Waals surface area contributed by atoms with Gasteiger partial charge in [-0.05, 0) is 74.0 Å². The van der Waals surface area contributed by atoms with Crippen LogP contribution in [-0.2, 0) is 4.79 Å². The average molecular weight is 320 g/mol. The summed E-state index contributed by atoms with van der Waals surface area (Å²) in [5.41, 5.74) is 0.0753. The predicted octanol–water partition coefficient (Wildman–Crippen LogP) is 3.18. The first-order valence-electron chi connectivity index (χ1n) is 9.74. The summed E-state index contributed by atoms with van der Waals surface area (Å²) in [6, 6.07) is 0. The lowest BCUT2D eigenvalue weighted by atomic mass is 9.44. The number of ketones is 1. The van der Waals surface area contributed by atoms with E-state index in [-0.39, 0.29) is 29.5 Å². The van der Waals surface area contributed by atoms with Crippen LogP contribution in [0.2, 0.25) is 0 Å². The molecule has 0 aromatic carbocycles. The normalized spacial score (nSPS) is 55.9. The zero-order valence-corrected chi connectivity index (χ0v) is 14.6. The molecular formula is C20H32O3. The summed E-state index contributed by atoms with van der Waals surface area (Å²) in [6.45, 7) is 4.62. The second-order valence-corrected chi connectivity index (χ2v) is 9.46. The molecule has 130 valence electrons. The molecule has 4 saturated carbocycles. The fraction of sp³-hybridized carbons (Fsp3) is 0.950. The minimum Gasteiger partial charge on any atom is -0.396 e. The highest BCUT2D eigenvalue weighted by Gasteiger charge is 2.61. The van der Waals surface area contributed by atoms with Gasteiger partial charge in [0.05, 0.1) is 6.10 Å². The van der Waals surface area contributed by atoms with Gasteiger partial charge >= 0.3 is 0 Å². The van der Waals surface area contributed by atoms with E-state index in [4.69, 9.17) is 0 Å². The molecule has 3 heteroatoms. The first-order chi connectivity index (χ1) is 10.9. The molecule has 3 unspecified atom stereocenters. The van der Waals surface area contributed by atoms with Crippen LogP contribution in [0.3, 0.4) is 0 Å². The van der Waals surface area contributed by atoms with Gasteiger partial charge in [-0.1, -0.05) is 13.8 Å². The number of hydrogen-bond acceptors (Lipinski definition) is 3. The Balaban J connectivity index is 1.68. The molecule has 4 fully saturated rings. The molecule has 0 radical (unpaired) electrons. The van der Waals surface area contributed by atoms with Gasteiger partial charge in [0.25, 0.3) is 0 Å². The third-order valence-corrected chi connectivity index (χ3v) is 8.76. The number of aliphatic hydroxyl groups excluding tert-OH is 2. The largest absolute Gasteiger partial charge is 0.396 e. The van der Waals surface area contributed by atoms with Gasteiger partial charge < -0.3 is 10.2 Å². The smallest absolute Gasteiger partial charge is 0.136 e. The molecule has 0 bridgehead atoms. The fourth-order valence-electron chi connectivity index (χ4n) is 7.42. The summed E-state index contributed by atoms with van der Waals surface area (Å²) in [4.78, 5) is 12.2. The lowest BCUT2D eigenvalue weighted by molar-refractivity contribution is -0.162. The summed E-state index contributed by atoms with van der Waals surface area (Å²) in [6.07, 6.45) is 8.07. The Labute approximate surface area is 139 Å². The maximum atomic E-state index is 12.2. The number of carbonyl (C=O) groups is 1.